The van der Waals surface area contributed by atoms with Gasteiger partial charge in [-0.15, -0.1) is 0 Å². The fraction of sp³-hybridized carbons (Fsp3) is 0.0909. The molecule has 0 aliphatic heterocycles. The first kappa shape index (κ1) is 10.6. The van der Waals surface area contributed by atoms with E-state index in [1.165, 1.54) is 6.07 Å². The molecule has 1 nitrogen and oxygen atoms in total. The van der Waals surface area contributed by atoms with Gasteiger partial charge in [0.2, 0.25) is 0 Å². The van der Waals surface area contributed by atoms with Gasteiger partial charge in [-0.25, -0.2) is 4.39 Å². The molecule has 1 heterocycles. The average Bonchev–Trinajstić information content (AvgIpc) is 2.74. The molecular weight excluding hydrogens is 233 g/mol. The molecule has 2 aromatic rings. The molecule has 1 atom stereocenters. The maximum absolute atomic E-state index is 12.9. The highest BCUT2D eigenvalue weighted by Crippen LogP contribution is 2.25. The van der Waals surface area contributed by atoms with Gasteiger partial charge in [-0.3, -0.25) is 0 Å². The van der Waals surface area contributed by atoms with Gasteiger partial charge in [0.15, 0.2) is 0 Å². The van der Waals surface area contributed by atoms with E-state index >= 15 is 0 Å². The van der Waals surface area contributed by atoms with Crippen LogP contribution in [0, 0.1) is 5.82 Å². The number of rotatable bonds is 2. The molecule has 2 rings (SSSR count). The second-order valence-electron chi connectivity index (χ2n) is 3.21. The van der Waals surface area contributed by atoms with Gasteiger partial charge in [-0.05, 0) is 40.1 Å². The molecule has 0 fully saturated rings. The Balaban J connectivity index is 2.34. The lowest BCUT2D eigenvalue weighted by molar-refractivity contribution is 0.627. The van der Waals surface area contributed by atoms with Gasteiger partial charge >= 0.3 is 0 Å². The van der Waals surface area contributed by atoms with Crippen LogP contribution in [0.5, 0.6) is 0 Å². The lowest BCUT2D eigenvalue weighted by Gasteiger charge is -2.10. The topological polar surface area (TPSA) is 26.0 Å². The Morgan fingerprint density at radius 2 is 2.07 bits per heavy atom. The molecule has 1 aromatic carbocycles. The van der Waals surface area contributed by atoms with E-state index in [2.05, 4.69) is 0 Å². The molecule has 0 spiro atoms. The standard InChI is InChI=1S/C11H9ClFNS/c12-9-5-7(1-2-10(9)13)11(14)8-3-4-15-6-8/h1-6,11H,14H2. The van der Waals surface area contributed by atoms with E-state index in [9.17, 15) is 4.39 Å². The molecule has 1 unspecified atom stereocenters. The van der Waals surface area contributed by atoms with E-state index in [0.717, 1.165) is 11.1 Å². The van der Waals surface area contributed by atoms with Gasteiger partial charge in [-0.1, -0.05) is 17.7 Å². The van der Waals surface area contributed by atoms with Crippen LogP contribution in [-0.2, 0) is 0 Å². The van der Waals surface area contributed by atoms with Crippen LogP contribution in [0.15, 0.2) is 35.0 Å². The molecule has 4 heteroatoms. The Morgan fingerprint density at radius 1 is 1.27 bits per heavy atom. The summed E-state index contributed by atoms with van der Waals surface area (Å²) < 4.78 is 12.9. The van der Waals surface area contributed by atoms with E-state index in [0.29, 0.717) is 0 Å². The summed E-state index contributed by atoms with van der Waals surface area (Å²) in [7, 11) is 0. The van der Waals surface area contributed by atoms with Crippen LogP contribution in [0.3, 0.4) is 0 Å². The van der Waals surface area contributed by atoms with E-state index < -0.39 is 5.82 Å². The van der Waals surface area contributed by atoms with Crippen LogP contribution in [-0.4, -0.2) is 0 Å². The number of hydrogen-bond acceptors (Lipinski definition) is 2. The summed E-state index contributed by atoms with van der Waals surface area (Å²) in [6.45, 7) is 0. The molecule has 0 aliphatic rings. The van der Waals surface area contributed by atoms with Gasteiger partial charge in [0, 0.05) is 0 Å². The first-order valence-corrected chi connectivity index (χ1v) is 5.73. The second kappa shape index (κ2) is 4.31. The van der Waals surface area contributed by atoms with Crippen molar-refractivity contribution in [3.63, 3.8) is 0 Å². The zero-order valence-corrected chi connectivity index (χ0v) is 9.36. The normalized spacial score (nSPS) is 12.7. The van der Waals surface area contributed by atoms with Crippen molar-refractivity contribution in [3.8, 4) is 0 Å². The Hall–Kier alpha value is -0.900. The summed E-state index contributed by atoms with van der Waals surface area (Å²) in [6, 6.07) is 6.27. The minimum absolute atomic E-state index is 0.109. The zero-order chi connectivity index (χ0) is 10.8. The zero-order valence-electron chi connectivity index (χ0n) is 7.78. The minimum atomic E-state index is -0.419. The Bertz CT molecular complexity index is 456. The number of halogens is 2. The van der Waals surface area contributed by atoms with Crippen molar-refractivity contribution in [3.05, 3.63) is 57.0 Å². The molecule has 78 valence electrons. The molecule has 0 aliphatic carbocycles. The predicted molar refractivity (Wildman–Crippen MR) is 61.8 cm³/mol. The van der Waals surface area contributed by atoms with E-state index in [4.69, 9.17) is 17.3 Å². The van der Waals surface area contributed by atoms with Crippen LogP contribution in [0.4, 0.5) is 4.39 Å². The highest BCUT2D eigenvalue weighted by Gasteiger charge is 2.10. The van der Waals surface area contributed by atoms with Crippen molar-refractivity contribution in [2.75, 3.05) is 0 Å². The lowest BCUT2D eigenvalue weighted by atomic mass is 10.0. The Labute approximate surface area is 96.3 Å². The van der Waals surface area contributed by atoms with Gasteiger partial charge in [0.05, 0.1) is 11.1 Å². The number of thiophene rings is 1. The summed E-state index contributed by atoms with van der Waals surface area (Å²) in [5.41, 5.74) is 7.84. The van der Waals surface area contributed by atoms with Crippen LogP contribution in [0.1, 0.15) is 17.2 Å². The van der Waals surface area contributed by atoms with Gasteiger partial charge in [0.25, 0.3) is 0 Å². The Kier molecular flexibility index (Phi) is 3.05. The van der Waals surface area contributed by atoms with Crippen molar-refractivity contribution in [2.45, 2.75) is 6.04 Å². The molecule has 0 bridgehead atoms. The first-order valence-electron chi connectivity index (χ1n) is 4.41. The molecule has 15 heavy (non-hydrogen) atoms. The second-order valence-corrected chi connectivity index (χ2v) is 4.40. The predicted octanol–water partition coefficient (Wildman–Crippen LogP) is 3.59. The largest absolute Gasteiger partial charge is 0.320 e. The summed E-state index contributed by atoms with van der Waals surface area (Å²) in [4.78, 5) is 0. The molecule has 1 aromatic heterocycles. The monoisotopic (exact) mass is 241 g/mol. The SMILES string of the molecule is NC(c1ccsc1)c1ccc(F)c(Cl)c1. The summed E-state index contributed by atoms with van der Waals surface area (Å²) in [5.74, 6) is -0.419. The number of nitrogens with two attached hydrogens (primary N) is 1. The van der Waals surface area contributed by atoms with E-state index in [1.807, 2.05) is 16.8 Å². The first-order chi connectivity index (χ1) is 7.18. The van der Waals surface area contributed by atoms with E-state index in [-0.39, 0.29) is 11.1 Å². The molecule has 0 saturated carbocycles. The van der Waals surface area contributed by atoms with Gasteiger partial charge in [-0.2, -0.15) is 11.3 Å². The molecule has 0 saturated heterocycles. The molecule has 0 radical (unpaired) electrons. The van der Waals surface area contributed by atoms with Crippen LogP contribution < -0.4 is 5.73 Å². The fourth-order valence-electron chi connectivity index (χ4n) is 1.35. The van der Waals surface area contributed by atoms with Gasteiger partial charge in [0.1, 0.15) is 5.82 Å². The van der Waals surface area contributed by atoms with Gasteiger partial charge < -0.3 is 5.73 Å². The van der Waals surface area contributed by atoms with Crippen molar-refractivity contribution < 1.29 is 4.39 Å². The quantitative estimate of drug-likeness (QED) is 0.855. The Morgan fingerprint density at radius 3 is 2.67 bits per heavy atom. The lowest BCUT2D eigenvalue weighted by Crippen LogP contribution is -2.10. The van der Waals surface area contributed by atoms with Crippen LogP contribution in [0.25, 0.3) is 0 Å². The highest BCUT2D eigenvalue weighted by molar-refractivity contribution is 7.08. The molecular formula is C11H9ClFNS. The third kappa shape index (κ3) is 2.20. The van der Waals surface area contributed by atoms with Crippen molar-refractivity contribution >= 4 is 22.9 Å². The smallest absolute Gasteiger partial charge is 0.141 e. The summed E-state index contributed by atoms with van der Waals surface area (Å²) in [5, 5.41) is 4.04. The maximum Gasteiger partial charge on any atom is 0.141 e. The van der Waals surface area contributed by atoms with Crippen LogP contribution >= 0.6 is 22.9 Å². The number of benzene rings is 1. The average molecular weight is 242 g/mol. The van der Waals surface area contributed by atoms with Crippen molar-refractivity contribution in [2.24, 2.45) is 5.73 Å². The minimum Gasteiger partial charge on any atom is -0.320 e. The third-order valence-corrected chi connectivity index (χ3v) is 3.20. The van der Waals surface area contributed by atoms with Crippen LogP contribution in [0.2, 0.25) is 5.02 Å². The molecule has 2 N–H and O–H groups in total. The summed E-state index contributed by atoms with van der Waals surface area (Å²) in [6.07, 6.45) is 0. The summed E-state index contributed by atoms with van der Waals surface area (Å²) >= 11 is 7.27. The van der Waals surface area contributed by atoms with E-state index in [1.54, 1.807) is 23.5 Å². The third-order valence-electron chi connectivity index (χ3n) is 2.21. The molecule has 0 amide bonds. The maximum atomic E-state index is 12.9. The highest BCUT2D eigenvalue weighted by atomic mass is 35.5. The number of hydrogen-bond donors (Lipinski definition) is 1. The van der Waals surface area contributed by atoms with Crippen molar-refractivity contribution in [1.82, 2.24) is 0 Å². The fourth-order valence-corrected chi connectivity index (χ4v) is 2.24. The van der Waals surface area contributed by atoms with Crippen molar-refractivity contribution in [1.29, 1.82) is 0 Å².